The van der Waals surface area contributed by atoms with Crippen LogP contribution in [0.3, 0.4) is 0 Å². The van der Waals surface area contributed by atoms with E-state index in [0.29, 0.717) is 22.9 Å². The van der Waals surface area contributed by atoms with Crippen LogP contribution in [0.1, 0.15) is 38.2 Å². The van der Waals surface area contributed by atoms with Crippen molar-refractivity contribution >= 4 is 23.2 Å². The number of aromatic nitrogens is 1. The summed E-state index contributed by atoms with van der Waals surface area (Å²) in [6.07, 6.45) is 6.95. The monoisotopic (exact) mass is 273 g/mol. The normalized spacial score (nSPS) is 24.9. The molecule has 2 nitrogen and oxygen atoms in total. The zero-order valence-electron chi connectivity index (χ0n) is 9.96. The van der Waals surface area contributed by atoms with Gasteiger partial charge in [0.05, 0.1) is 17.7 Å². The lowest BCUT2D eigenvalue weighted by molar-refractivity contribution is 0.00460. The third-order valence-electron chi connectivity index (χ3n) is 3.26. The molecule has 4 heteroatoms. The topological polar surface area (TPSA) is 22.1 Å². The maximum absolute atomic E-state index is 6.07. The van der Waals surface area contributed by atoms with E-state index in [1.54, 1.807) is 12.3 Å². The maximum Gasteiger partial charge on any atom is 0.130 e. The molecule has 94 valence electrons. The van der Waals surface area contributed by atoms with Gasteiger partial charge in [-0.05, 0) is 24.8 Å². The number of hydrogen-bond donors (Lipinski definition) is 0. The molecule has 2 atom stereocenters. The molecule has 0 radical (unpaired) electrons. The van der Waals surface area contributed by atoms with E-state index in [1.165, 1.54) is 12.8 Å². The van der Waals surface area contributed by atoms with Crippen LogP contribution < -0.4 is 0 Å². The molecule has 0 aromatic carbocycles. The van der Waals surface area contributed by atoms with E-state index in [0.717, 1.165) is 24.3 Å². The van der Waals surface area contributed by atoms with E-state index >= 15 is 0 Å². The molecule has 0 aliphatic heterocycles. The first kappa shape index (κ1) is 13.1. The van der Waals surface area contributed by atoms with Crippen molar-refractivity contribution in [3.05, 3.63) is 28.0 Å². The number of hydrogen-bond acceptors (Lipinski definition) is 2. The van der Waals surface area contributed by atoms with Gasteiger partial charge in [0.25, 0.3) is 0 Å². The first-order chi connectivity index (χ1) is 8.15. The fourth-order valence-electron chi connectivity index (χ4n) is 2.28. The number of nitrogens with zero attached hydrogens (tertiary/aromatic N) is 1. The molecule has 0 N–H and O–H groups in total. The summed E-state index contributed by atoms with van der Waals surface area (Å²) in [6, 6.07) is 1.66. The lowest BCUT2D eigenvalue weighted by Crippen LogP contribution is -2.21. The molecule has 1 saturated carbocycles. The highest BCUT2D eigenvalue weighted by atomic mass is 35.5. The summed E-state index contributed by atoms with van der Waals surface area (Å²) in [4.78, 5) is 4.02. The van der Waals surface area contributed by atoms with E-state index in [-0.39, 0.29) is 0 Å². The molecule has 1 aliphatic carbocycles. The number of pyridine rings is 1. The van der Waals surface area contributed by atoms with Crippen LogP contribution >= 0.6 is 23.2 Å². The van der Waals surface area contributed by atoms with Gasteiger partial charge in [-0.15, -0.1) is 0 Å². The van der Waals surface area contributed by atoms with Gasteiger partial charge < -0.3 is 4.74 Å². The molecular formula is C13H17Cl2NO. The minimum absolute atomic E-state index is 0.366. The zero-order valence-corrected chi connectivity index (χ0v) is 11.5. The van der Waals surface area contributed by atoms with Crippen LogP contribution in [-0.2, 0) is 11.3 Å². The van der Waals surface area contributed by atoms with E-state index in [4.69, 9.17) is 27.9 Å². The fourth-order valence-corrected chi connectivity index (χ4v) is 2.70. The van der Waals surface area contributed by atoms with Gasteiger partial charge in [-0.3, -0.25) is 0 Å². The van der Waals surface area contributed by atoms with E-state index in [1.807, 2.05) is 0 Å². The van der Waals surface area contributed by atoms with E-state index in [9.17, 15) is 0 Å². The Morgan fingerprint density at radius 2 is 2.24 bits per heavy atom. The summed E-state index contributed by atoms with van der Waals surface area (Å²) < 4.78 is 5.89. The summed E-state index contributed by atoms with van der Waals surface area (Å²) >= 11 is 11.8. The number of rotatable bonds is 3. The van der Waals surface area contributed by atoms with Crippen LogP contribution in [0.2, 0.25) is 10.2 Å². The van der Waals surface area contributed by atoms with Crippen molar-refractivity contribution in [3.63, 3.8) is 0 Å². The minimum atomic E-state index is 0.366. The standard InChI is InChI=1S/C13H17Cl2NO/c1-9-3-2-4-11(5-9)17-8-10-7-16-13(15)6-12(10)14/h6-7,9,11H,2-5,8H2,1H3. The van der Waals surface area contributed by atoms with E-state index < -0.39 is 0 Å². The van der Waals surface area contributed by atoms with Crippen LogP contribution in [0.4, 0.5) is 0 Å². The molecule has 1 aromatic rings. The van der Waals surface area contributed by atoms with Crippen molar-refractivity contribution in [1.82, 2.24) is 4.98 Å². The molecule has 1 fully saturated rings. The van der Waals surface area contributed by atoms with Gasteiger partial charge in [-0.2, -0.15) is 0 Å². The first-order valence-corrected chi connectivity index (χ1v) is 6.82. The molecule has 17 heavy (non-hydrogen) atoms. The van der Waals surface area contributed by atoms with Crippen LogP contribution in [0.5, 0.6) is 0 Å². The van der Waals surface area contributed by atoms with Gasteiger partial charge in [0.15, 0.2) is 0 Å². The lowest BCUT2D eigenvalue weighted by Gasteiger charge is -2.26. The number of halogens is 2. The zero-order chi connectivity index (χ0) is 12.3. The summed E-state index contributed by atoms with van der Waals surface area (Å²) in [7, 11) is 0. The second kappa shape index (κ2) is 6.03. The second-order valence-electron chi connectivity index (χ2n) is 4.80. The Kier molecular flexibility index (Phi) is 4.66. The third-order valence-corrected chi connectivity index (χ3v) is 3.82. The highest BCUT2D eigenvalue weighted by Gasteiger charge is 2.19. The van der Waals surface area contributed by atoms with Crippen molar-refractivity contribution in [2.75, 3.05) is 0 Å². The van der Waals surface area contributed by atoms with Gasteiger partial charge in [0.1, 0.15) is 5.15 Å². The van der Waals surface area contributed by atoms with Crippen molar-refractivity contribution in [1.29, 1.82) is 0 Å². The van der Waals surface area contributed by atoms with Gasteiger partial charge >= 0.3 is 0 Å². The molecule has 0 amide bonds. The Morgan fingerprint density at radius 3 is 2.94 bits per heavy atom. The Morgan fingerprint density at radius 1 is 1.41 bits per heavy atom. The summed E-state index contributed by atoms with van der Waals surface area (Å²) in [6.45, 7) is 2.81. The highest BCUT2D eigenvalue weighted by Crippen LogP contribution is 2.27. The Balaban J connectivity index is 1.88. The second-order valence-corrected chi connectivity index (χ2v) is 5.60. The predicted molar refractivity (Wildman–Crippen MR) is 70.5 cm³/mol. The van der Waals surface area contributed by atoms with Crippen molar-refractivity contribution in [2.45, 2.75) is 45.3 Å². The van der Waals surface area contributed by atoms with Gasteiger partial charge in [-0.25, -0.2) is 4.98 Å². The SMILES string of the molecule is CC1CCCC(OCc2cnc(Cl)cc2Cl)C1. The lowest BCUT2D eigenvalue weighted by atomic mass is 9.89. The Hall–Kier alpha value is -0.310. The van der Waals surface area contributed by atoms with Gasteiger partial charge in [-0.1, -0.05) is 43.0 Å². The summed E-state index contributed by atoms with van der Waals surface area (Å²) in [5.41, 5.74) is 0.911. The average Bonchev–Trinajstić information content (AvgIpc) is 2.28. The molecule has 0 spiro atoms. The summed E-state index contributed by atoms with van der Waals surface area (Å²) in [5, 5.41) is 1.05. The van der Waals surface area contributed by atoms with Crippen LogP contribution in [0.25, 0.3) is 0 Å². The van der Waals surface area contributed by atoms with Crippen molar-refractivity contribution in [3.8, 4) is 0 Å². The van der Waals surface area contributed by atoms with Crippen molar-refractivity contribution in [2.24, 2.45) is 5.92 Å². The predicted octanol–water partition coefficient (Wildman–Crippen LogP) is 4.48. The first-order valence-electron chi connectivity index (χ1n) is 6.06. The molecule has 1 heterocycles. The molecular weight excluding hydrogens is 257 g/mol. The molecule has 2 rings (SSSR count). The quantitative estimate of drug-likeness (QED) is 0.758. The Bertz CT molecular complexity index is 384. The molecule has 1 aliphatic rings. The van der Waals surface area contributed by atoms with Crippen LogP contribution in [-0.4, -0.2) is 11.1 Å². The minimum Gasteiger partial charge on any atom is -0.373 e. The van der Waals surface area contributed by atoms with Gasteiger partial charge in [0.2, 0.25) is 0 Å². The van der Waals surface area contributed by atoms with Crippen LogP contribution in [0.15, 0.2) is 12.3 Å². The molecule has 0 bridgehead atoms. The van der Waals surface area contributed by atoms with Gasteiger partial charge in [0, 0.05) is 11.8 Å². The average molecular weight is 274 g/mol. The summed E-state index contributed by atoms with van der Waals surface area (Å²) in [5.74, 6) is 0.771. The van der Waals surface area contributed by atoms with Crippen LogP contribution in [0, 0.1) is 5.92 Å². The number of ether oxygens (including phenoxy) is 1. The highest BCUT2D eigenvalue weighted by molar-refractivity contribution is 6.34. The third kappa shape index (κ3) is 3.84. The molecule has 0 saturated heterocycles. The fraction of sp³-hybridized carbons (Fsp3) is 0.615. The largest absolute Gasteiger partial charge is 0.373 e. The van der Waals surface area contributed by atoms with E-state index in [2.05, 4.69) is 11.9 Å². The smallest absolute Gasteiger partial charge is 0.130 e. The maximum atomic E-state index is 6.07. The Labute approximate surface area is 112 Å². The molecule has 2 unspecified atom stereocenters. The van der Waals surface area contributed by atoms with Crippen molar-refractivity contribution < 1.29 is 4.74 Å². The molecule has 1 aromatic heterocycles.